The molecule has 2 aliphatic heterocycles. The number of ether oxygens (including phenoxy) is 1. The zero-order valence-corrected chi connectivity index (χ0v) is 20.4. The SMILES string of the molecule is CC(c1cccc2c1OCC2)[C@H](C)CNc1cc(-c2ccc(N3CCN(C)CC3)nc2)ncn1. The summed E-state index contributed by atoms with van der Waals surface area (Å²) in [5.41, 5.74) is 4.52. The maximum absolute atomic E-state index is 5.93. The Morgan fingerprint density at radius 2 is 1.88 bits per heavy atom. The van der Waals surface area contributed by atoms with E-state index in [1.165, 1.54) is 11.1 Å². The number of hydrogen-bond donors (Lipinski definition) is 1. The maximum atomic E-state index is 5.93. The molecular formula is C27H34N6O. The Labute approximate surface area is 202 Å². The number of para-hydroxylation sites is 1. The summed E-state index contributed by atoms with van der Waals surface area (Å²) >= 11 is 0. The standard InChI is InChI=1S/C27H34N6O/c1-19(20(2)23-6-4-5-21-9-14-34-27(21)23)16-28-25-15-24(30-18-31-25)22-7-8-26(29-17-22)33-12-10-32(3)11-13-33/h4-8,15,17-20H,9-14,16H2,1-3H3,(H,28,30,31)/t19-,20?/m1/s1. The number of likely N-dealkylation sites (N-methyl/N-ethyl adjacent to an activating group) is 1. The molecule has 7 nitrogen and oxygen atoms in total. The van der Waals surface area contributed by atoms with E-state index in [-0.39, 0.29) is 0 Å². The van der Waals surface area contributed by atoms with Gasteiger partial charge in [-0.05, 0) is 42.1 Å². The number of rotatable bonds is 7. The molecule has 34 heavy (non-hydrogen) atoms. The second-order valence-corrected chi connectivity index (χ2v) is 9.56. The Morgan fingerprint density at radius 1 is 1.03 bits per heavy atom. The van der Waals surface area contributed by atoms with Crippen molar-refractivity contribution in [1.29, 1.82) is 0 Å². The van der Waals surface area contributed by atoms with Crippen LogP contribution in [0, 0.1) is 5.92 Å². The number of benzene rings is 1. The van der Waals surface area contributed by atoms with Crippen LogP contribution in [-0.2, 0) is 6.42 Å². The number of aromatic nitrogens is 3. The number of hydrogen-bond acceptors (Lipinski definition) is 7. The van der Waals surface area contributed by atoms with Gasteiger partial charge in [-0.1, -0.05) is 32.0 Å². The fourth-order valence-electron chi connectivity index (χ4n) is 4.72. The van der Waals surface area contributed by atoms with E-state index < -0.39 is 0 Å². The van der Waals surface area contributed by atoms with Gasteiger partial charge in [0, 0.05) is 57.0 Å². The van der Waals surface area contributed by atoms with Crippen molar-refractivity contribution in [2.45, 2.75) is 26.2 Å². The Balaban J connectivity index is 1.22. The van der Waals surface area contributed by atoms with Crippen molar-refractivity contribution in [1.82, 2.24) is 19.9 Å². The first kappa shape index (κ1) is 22.6. The summed E-state index contributed by atoms with van der Waals surface area (Å²) in [6.07, 6.45) is 4.55. The molecule has 0 saturated carbocycles. The molecule has 1 unspecified atom stereocenters. The molecule has 1 fully saturated rings. The predicted octanol–water partition coefficient (Wildman–Crippen LogP) is 4.08. The highest BCUT2D eigenvalue weighted by Gasteiger charge is 2.23. The van der Waals surface area contributed by atoms with Gasteiger partial charge in [0.15, 0.2) is 0 Å². The van der Waals surface area contributed by atoms with Gasteiger partial charge in [0.1, 0.15) is 23.7 Å². The Hall–Kier alpha value is -3.19. The lowest BCUT2D eigenvalue weighted by Gasteiger charge is -2.33. The lowest BCUT2D eigenvalue weighted by atomic mass is 9.87. The van der Waals surface area contributed by atoms with Gasteiger partial charge < -0.3 is 19.9 Å². The molecule has 1 N–H and O–H groups in total. The molecule has 4 heterocycles. The highest BCUT2D eigenvalue weighted by atomic mass is 16.5. The maximum Gasteiger partial charge on any atom is 0.129 e. The molecule has 2 atom stereocenters. The number of fused-ring (bicyclic) bond motifs is 1. The number of nitrogens with zero attached hydrogens (tertiary/aromatic N) is 5. The average molecular weight is 459 g/mol. The highest BCUT2D eigenvalue weighted by Crippen LogP contribution is 2.37. The van der Waals surface area contributed by atoms with Crippen LogP contribution in [0.4, 0.5) is 11.6 Å². The fourth-order valence-corrected chi connectivity index (χ4v) is 4.72. The zero-order chi connectivity index (χ0) is 23.5. The summed E-state index contributed by atoms with van der Waals surface area (Å²) < 4.78 is 5.93. The molecule has 1 saturated heterocycles. The summed E-state index contributed by atoms with van der Waals surface area (Å²) in [6, 6.07) is 12.7. The van der Waals surface area contributed by atoms with Gasteiger partial charge in [-0.2, -0.15) is 0 Å². The smallest absolute Gasteiger partial charge is 0.129 e. The summed E-state index contributed by atoms with van der Waals surface area (Å²) in [5, 5.41) is 3.51. The average Bonchev–Trinajstić information content (AvgIpc) is 3.37. The van der Waals surface area contributed by atoms with Crippen LogP contribution in [0.3, 0.4) is 0 Å². The van der Waals surface area contributed by atoms with E-state index in [2.05, 4.69) is 76.3 Å². The molecule has 178 valence electrons. The zero-order valence-electron chi connectivity index (χ0n) is 20.4. The van der Waals surface area contributed by atoms with E-state index in [0.717, 1.165) is 74.4 Å². The van der Waals surface area contributed by atoms with Crippen LogP contribution in [0.25, 0.3) is 11.3 Å². The second-order valence-electron chi connectivity index (χ2n) is 9.56. The van der Waals surface area contributed by atoms with E-state index in [9.17, 15) is 0 Å². The highest BCUT2D eigenvalue weighted by molar-refractivity contribution is 5.62. The molecule has 0 radical (unpaired) electrons. The third-order valence-electron chi connectivity index (χ3n) is 7.23. The molecule has 3 aromatic rings. The Bertz CT molecular complexity index is 1110. The van der Waals surface area contributed by atoms with Gasteiger partial charge in [-0.25, -0.2) is 15.0 Å². The number of pyridine rings is 1. The molecule has 0 aliphatic carbocycles. The van der Waals surface area contributed by atoms with Crippen LogP contribution in [-0.4, -0.2) is 66.2 Å². The molecule has 7 heteroatoms. The molecule has 0 spiro atoms. The van der Waals surface area contributed by atoms with Crippen LogP contribution in [0.1, 0.15) is 30.9 Å². The molecule has 0 amide bonds. The molecule has 0 bridgehead atoms. The molecular weight excluding hydrogens is 424 g/mol. The van der Waals surface area contributed by atoms with Gasteiger partial charge >= 0.3 is 0 Å². The molecule has 5 rings (SSSR count). The first-order chi connectivity index (χ1) is 16.6. The van der Waals surface area contributed by atoms with Crippen LogP contribution in [0.2, 0.25) is 0 Å². The van der Waals surface area contributed by atoms with E-state index in [0.29, 0.717) is 11.8 Å². The first-order valence-corrected chi connectivity index (χ1v) is 12.3. The van der Waals surface area contributed by atoms with Crippen molar-refractivity contribution in [2.75, 3.05) is 56.6 Å². The van der Waals surface area contributed by atoms with Gasteiger partial charge in [0.05, 0.1) is 12.3 Å². The molecule has 1 aromatic carbocycles. The summed E-state index contributed by atoms with van der Waals surface area (Å²) in [5.74, 6) is 3.76. The minimum absolute atomic E-state index is 0.383. The van der Waals surface area contributed by atoms with Crippen molar-refractivity contribution in [3.63, 3.8) is 0 Å². The lowest BCUT2D eigenvalue weighted by molar-refractivity contribution is 0.312. The third-order valence-corrected chi connectivity index (χ3v) is 7.23. The van der Waals surface area contributed by atoms with Crippen LogP contribution < -0.4 is 15.0 Å². The van der Waals surface area contributed by atoms with Crippen LogP contribution in [0.15, 0.2) is 48.9 Å². The molecule has 2 aliphatic rings. The fraction of sp³-hybridized carbons (Fsp3) is 0.444. The molecule has 2 aromatic heterocycles. The minimum atomic E-state index is 0.383. The van der Waals surface area contributed by atoms with E-state index >= 15 is 0 Å². The topological polar surface area (TPSA) is 66.4 Å². The Kier molecular flexibility index (Phi) is 6.63. The van der Waals surface area contributed by atoms with Crippen molar-refractivity contribution < 1.29 is 4.74 Å². The van der Waals surface area contributed by atoms with E-state index in [1.807, 2.05) is 12.3 Å². The second kappa shape index (κ2) is 9.97. The minimum Gasteiger partial charge on any atom is -0.493 e. The quantitative estimate of drug-likeness (QED) is 0.572. The number of nitrogens with one attached hydrogen (secondary N) is 1. The van der Waals surface area contributed by atoms with Crippen LogP contribution >= 0.6 is 0 Å². The first-order valence-electron chi connectivity index (χ1n) is 12.3. The normalized spacial score (nSPS) is 17.7. The monoisotopic (exact) mass is 458 g/mol. The summed E-state index contributed by atoms with van der Waals surface area (Å²) in [7, 11) is 2.16. The van der Waals surface area contributed by atoms with Crippen molar-refractivity contribution in [3.8, 4) is 17.0 Å². The largest absolute Gasteiger partial charge is 0.493 e. The van der Waals surface area contributed by atoms with Gasteiger partial charge in [0.25, 0.3) is 0 Å². The summed E-state index contributed by atoms with van der Waals surface area (Å²) in [4.78, 5) is 18.3. The predicted molar refractivity (Wildman–Crippen MR) is 137 cm³/mol. The number of anilines is 2. The van der Waals surface area contributed by atoms with Crippen molar-refractivity contribution >= 4 is 11.6 Å². The van der Waals surface area contributed by atoms with Gasteiger partial charge in [0.2, 0.25) is 0 Å². The van der Waals surface area contributed by atoms with Crippen molar-refractivity contribution in [2.24, 2.45) is 5.92 Å². The van der Waals surface area contributed by atoms with E-state index in [4.69, 9.17) is 9.72 Å². The lowest BCUT2D eigenvalue weighted by Crippen LogP contribution is -2.44. The Morgan fingerprint density at radius 3 is 2.68 bits per heavy atom. The van der Waals surface area contributed by atoms with Crippen molar-refractivity contribution in [3.05, 3.63) is 60.0 Å². The third kappa shape index (κ3) is 4.85. The van der Waals surface area contributed by atoms with Gasteiger partial charge in [-0.15, -0.1) is 0 Å². The van der Waals surface area contributed by atoms with E-state index in [1.54, 1.807) is 6.33 Å². The van der Waals surface area contributed by atoms with Crippen LogP contribution in [0.5, 0.6) is 5.75 Å². The number of piperazine rings is 1. The van der Waals surface area contributed by atoms with Gasteiger partial charge in [-0.3, -0.25) is 0 Å². The summed E-state index contributed by atoms with van der Waals surface area (Å²) in [6.45, 7) is 10.3.